The smallest absolute Gasteiger partial charge is 0.126 e. The highest BCUT2D eigenvalue weighted by molar-refractivity contribution is 7.64. The van der Waals surface area contributed by atoms with Crippen LogP contribution in [0.25, 0.3) is 22.3 Å². The van der Waals surface area contributed by atoms with E-state index >= 15 is 0 Å². The summed E-state index contributed by atoms with van der Waals surface area (Å²) >= 11 is 18.7. The van der Waals surface area contributed by atoms with E-state index in [1.54, 1.807) is 0 Å². The molecular formula is C20H15Cl3Si. The Kier molecular flexibility index (Phi) is 4.22. The van der Waals surface area contributed by atoms with E-state index in [2.05, 4.69) is 66.7 Å². The third kappa shape index (κ3) is 3.02. The third-order valence-corrected chi connectivity index (χ3v) is 6.86. The van der Waals surface area contributed by atoms with Crippen LogP contribution in [0.1, 0.15) is 17.0 Å². The predicted octanol–water partition coefficient (Wildman–Crippen LogP) is 7.12. The molecular weight excluding hydrogens is 375 g/mol. The molecule has 0 N–H and O–H groups in total. The molecule has 1 aliphatic rings. The number of fused-ring (bicyclic) bond motifs is 3. The first-order valence-electron chi connectivity index (χ1n) is 7.88. The van der Waals surface area contributed by atoms with E-state index in [0.717, 1.165) is 0 Å². The quantitative estimate of drug-likeness (QED) is 0.330. The van der Waals surface area contributed by atoms with E-state index in [1.807, 2.05) is 6.07 Å². The van der Waals surface area contributed by atoms with E-state index in [0.29, 0.717) is 6.04 Å². The van der Waals surface area contributed by atoms with Crippen LogP contribution in [0.2, 0.25) is 6.04 Å². The van der Waals surface area contributed by atoms with Crippen LogP contribution in [0.4, 0.5) is 0 Å². The molecule has 0 heterocycles. The Bertz CT molecular complexity index is 885. The van der Waals surface area contributed by atoms with Crippen LogP contribution in [0.15, 0.2) is 72.8 Å². The SMILES string of the molecule is Cl[Si](Cl)(Cl)CC1c2ccccc2-c2cc(-c3ccccc3)ccc21. The normalized spacial score (nSPS) is 15.9. The van der Waals surface area contributed by atoms with Crippen molar-refractivity contribution in [2.75, 3.05) is 0 Å². The number of halogens is 3. The van der Waals surface area contributed by atoms with Gasteiger partial charge in [-0.25, -0.2) is 0 Å². The maximum Gasteiger partial charge on any atom is 0.342 e. The van der Waals surface area contributed by atoms with Gasteiger partial charge in [-0.3, -0.25) is 0 Å². The van der Waals surface area contributed by atoms with Crippen molar-refractivity contribution >= 4 is 39.2 Å². The van der Waals surface area contributed by atoms with Crippen LogP contribution < -0.4 is 0 Å². The van der Waals surface area contributed by atoms with Gasteiger partial charge in [0.25, 0.3) is 0 Å². The van der Waals surface area contributed by atoms with E-state index in [4.69, 9.17) is 33.2 Å². The van der Waals surface area contributed by atoms with Gasteiger partial charge in [0.2, 0.25) is 0 Å². The fourth-order valence-electron chi connectivity index (χ4n) is 3.57. The lowest BCUT2D eigenvalue weighted by Gasteiger charge is -2.17. The highest BCUT2D eigenvalue weighted by Crippen LogP contribution is 2.50. The van der Waals surface area contributed by atoms with Crippen molar-refractivity contribution in [3.05, 3.63) is 83.9 Å². The molecule has 1 aliphatic carbocycles. The first-order valence-corrected chi connectivity index (χ1v) is 13.1. The number of benzene rings is 3. The van der Waals surface area contributed by atoms with Crippen molar-refractivity contribution in [1.29, 1.82) is 0 Å². The molecule has 3 aromatic carbocycles. The molecule has 24 heavy (non-hydrogen) atoms. The Balaban J connectivity index is 1.85. The molecule has 0 aromatic heterocycles. The van der Waals surface area contributed by atoms with Gasteiger partial charge in [-0.15, -0.1) is 33.2 Å². The first kappa shape index (κ1) is 16.2. The second-order valence-corrected chi connectivity index (χ2v) is 15.3. The minimum Gasteiger partial charge on any atom is -0.126 e. The summed E-state index contributed by atoms with van der Waals surface area (Å²) in [5.74, 6) is 0.181. The van der Waals surface area contributed by atoms with Crippen LogP contribution in [0.3, 0.4) is 0 Å². The van der Waals surface area contributed by atoms with Gasteiger partial charge in [-0.2, -0.15) is 0 Å². The highest BCUT2D eigenvalue weighted by atomic mass is 35.8. The average Bonchev–Trinajstić information content (AvgIpc) is 2.88. The van der Waals surface area contributed by atoms with Crippen LogP contribution in [-0.2, 0) is 0 Å². The largest absolute Gasteiger partial charge is 0.342 e. The molecule has 4 heteroatoms. The molecule has 0 fully saturated rings. The van der Waals surface area contributed by atoms with Gasteiger partial charge in [-0.05, 0) is 45.5 Å². The van der Waals surface area contributed by atoms with E-state index in [-0.39, 0.29) is 5.92 Å². The summed E-state index contributed by atoms with van der Waals surface area (Å²) < 4.78 is 0. The van der Waals surface area contributed by atoms with Gasteiger partial charge < -0.3 is 0 Å². The van der Waals surface area contributed by atoms with Crippen LogP contribution in [-0.4, -0.2) is 6.00 Å². The third-order valence-electron chi connectivity index (χ3n) is 4.60. The molecule has 0 saturated carbocycles. The second-order valence-electron chi connectivity index (χ2n) is 6.13. The van der Waals surface area contributed by atoms with Crippen molar-refractivity contribution in [3.8, 4) is 22.3 Å². The lowest BCUT2D eigenvalue weighted by Crippen LogP contribution is -2.14. The summed E-state index contributed by atoms with van der Waals surface area (Å²) in [6.45, 7) is 0. The van der Waals surface area contributed by atoms with Crippen molar-refractivity contribution in [1.82, 2.24) is 0 Å². The second kappa shape index (κ2) is 6.23. The molecule has 0 amide bonds. The predicted molar refractivity (Wildman–Crippen MR) is 107 cm³/mol. The Morgan fingerprint density at radius 1 is 0.667 bits per heavy atom. The topological polar surface area (TPSA) is 0 Å². The molecule has 3 aromatic rings. The van der Waals surface area contributed by atoms with Gasteiger partial charge in [0.1, 0.15) is 0 Å². The zero-order valence-corrected chi connectivity index (χ0v) is 16.1. The highest BCUT2D eigenvalue weighted by Gasteiger charge is 2.36. The van der Waals surface area contributed by atoms with Crippen molar-refractivity contribution < 1.29 is 0 Å². The molecule has 0 bridgehead atoms. The van der Waals surface area contributed by atoms with Gasteiger partial charge in [0.05, 0.1) is 0 Å². The van der Waals surface area contributed by atoms with Crippen molar-refractivity contribution in [3.63, 3.8) is 0 Å². The standard InChI is InChI=1S/C20H15Cl3Si/c21-24(22,23)13-20-17-9-5-4-8-16(17)19-12-15(10-11-18(19)20)14-6-2-1-3-7-14/h1-12,20H,13H2. The van der Waals surface area contributed by atoms with Crippen molar-refractivity contribution in [2.45, 2.75) is 12.0 Å². The van der Waals surface area contributed by atoms with Gasteiger partial charge in [-0.1, -0.05) is 66.7 Å². The molecule has 0 aliphatic heterocycles. The summed E-state index contributed by atoms with van der Waals surface area (Å²) in [7, 11) is 0. The number of hydrogen-bond donors (Lipinski definition) is 0. The summed E-state index contributed by atoms with van der Waals surface area (Å²) in [5, 5.41) is 0. The van der Waals surface area contributed by atoms with Gasteiger partial charge in [0.15, 0.2) is 0 Å². The Morgan fingerprint density at radius 2 is 1.33 bits per heavy atom. The Labute approximate surface area is 157 Å². The Hall–Kier alpha value is -1.25. The van der Waals surface area contributed by atoms with Crippen molar-refractivity contribution in [2.24, 2.45) is 0 Å². The average molecular weight is 390 g/mol. The summed E-state index contributed by atoms with van der Waals surface area (Å²) in [4.78, 5) is 0. The number of hydrogen-bond acceptors (Lipinski definition) is 0. The molecule has 0 saturated heterocycles. The first-order chi connectivity index (χ1) is 11.5. The molecule has 4 rings (SSSR count). The molecule has 0 radical (unpaired) electrons. The van der Waals surface area contributed by atoms with Gasteiger partial charge >= 0.3 is 6.00 Å². The minimum absolute atomic E-state index is 0.181. The summed E-state index contributed by atoms with van der Waals surface area (Å²) in [6.07, 6.45) is 0. The minimum atomic E-state index is -2.72. The summed E-state index contributed by atoms with van der Waals surface area (Å²) in [6, 6.07) is 23.4. The molecule has 120 valence electrons. The maximum absolute atomic E-state index is 6.24. The van der Waals surface area contributed by atoms with Crippen LogP contribution in [0, 0.1) is 0 Å². The van der Waals surface area contributed by atoms with Crippen LogP contribution in [0.5, 0.6) is 0 Å². The van der Waals surface area contributed by atoms with E-state index in [9.17, 15) is 0 Å². The monoisotopic (exact) mass is 388 g/mol. The lowest BCUT2D eigenvalue weighted by molar-refractivity contribution is 0.947. The van der Waals surface area contributed by atoms with Crippen LogP contribution >= 0.6 is 33.2 Å². The maximum atomic E-state index is 6.24. The zero-order chi connectivity index (χ0) is 16.7. The molecule has 1 unspecified atom stereocenters. The van der Waals surface area contributed by atoms with E-state index < -0.39 is 6.00 Å². The summed E-state index contributed by atoms with van der Waals surface area (Å²) in [5.41, 5.74) is 7.51. The Morgan fingerprint density at radius 3 is 2.08 bits per heavy atom. The molecule has 0 nitrogen and oxygen atoms in total. The lowest BCUT2D eigenvalue weighted by atomic mass is 9.96. The van der Waals surface area contributed by atoms with Gasteiger partial charge in [0, 0.05) is 5.92 Å². The zero-order valence-electron chi connectivity index (χ0n) is 12.8. The van der Waals surface area contributed by atoms with E-state index in [1.165, 1.54) is 33.4 Å². The fourth-order valence-corrected chi connectivity index (χ4v) is 5.86. The molecule has 0 spiro atoms. The number of rotatable bonds is 3. The fraction of sp³-hybridized carbons (Fsp3) is 0.100. The molecule has 1 atom stereocenters.